The van der Waals surface area contributed by atoms with Gasteiger partial charge in [0, 0.05) is 12.6 Å². The van der Waals surface area contributed by atoms with Crippen LogP contribution in [0, 0.1) is 5.92 Å². The van der Waals surface area contributed by atoms with E-state index in [-0.39, 0.29) is 5.91 Å². The van der Waals surface area contributed by atoms with Gasteiger partial charge in [0.1, 0.15) is 0 Å². The van der Waals surface area contributed by atoms with E-state index >= 15 is 0 Å². The van der Waals surface area contributed by atoms with Crippen LogP contribution in [0.5, 0.6) is 0 Å². The fourth-order valence-electron chi connectivity index (χ4n) is 1.53. The van der Waals surface area contributed by atoms with Crippen molar-refractivity contribution in [2.24, 2.45) is 5.92 Å². The topological polar surface area (TPSA) is 59.3 Å². The van der Waals surface area contributed by atoms with E-state index in [0.29, 0.717) is 18.3 Å². The van der Waals surface area contributed by atoms with Crippen molar-refractivity contribution in [3.05, 3.63) is 24.4 Å². The number of amides is 1. The number of pyridine rings is 1. The molecule has 0 fully saturated rings. The van der Waals surface area contributed by atoms with Gasteiger partial charge in [-0.1, -0.05) is 19.9 Å². The summed E-state index contributed by atoms with van der Waals surface area (Å²) in [6.07, 6.45) is 3.22. The van der Waals surface area contributed by atoms with E-state index in [4.69, 9.17) is 0 Å². The normalized spacial score (nSPS) is 11.0. The first-order valence-corrected chi connectivity index (χ1v) is 5.76. The van der Waals surface area contributed by atoms with Gasteiger partial charge in [0.05, 0.1) is 0 Å². The monoisotopic (exact) mass is 232 g/mol. The maximum Gasteiger partial charge on any atom is 0.235 e. The minimum absolute atomic E-state index is 0.0168. The summed E-state index contributed by atoms with van der Waals surface area (Å²) in [4.78, 5) is 11.7. The lowest BCUT2D eigenvalue weighted by Gasteiger charge is -2.05. The highest BCUT2D eigenvalue weighted by Crippen LogP contribution is 2.09. The average Bonchev–Trinajstić information content (AvgIpc) is 2.70. The second-order valence-corrected chi connectivity index (χ2v) is 4.43. The fourth-order valence-corrected chi connectivity index (χ4v) is 1.53. The number of carbonyl (C=O) groups excluding carboxylic acids is 1. The third-order valence-corrected chi connectivity index (χ3v) is 2.51. The van der Waals surface area contributed by atoms with E-state index in [2.05, 4.69) is 29.4 Å². The summed E-state index contributed by atoms with van der Waals surface area (Å²) in [6, 6.07) is 5.60. The summed E-state index contributed by atoms with van der Waals surface area (Å²) >= 11 is 0. The third-order valence-electron chi connectivity index (χ3n) is 2.51. The highest BCUT2D eigenvalue weighted by atomic mass is 16.1. The van der Waals surface area contributed by atoms with Crippen LogP contribution in [-0.4, -0.2) is 20.5 Å². The Morgan fingerprint density at radius 3 is 3.00 bits per heavy atom. The summed E-state index contributed by atoms with van der Waals surface area (Å²) in [5.74, 6) is 0.988. The Kier molecular flexibility index (Phi) is 3.37. The second kappa shape index (κ2) is 4.95. The molecule has 17 heavy (non-hydrogen) atoms. The van der Waals surface area contributed by atoms with Crippen LogP contribution in [0.1, 0.15) is 26.7 Å². The highest BCUT2D eigenvalue weighted by molar-refractivity contribution is 5.89. The molecule has 0 aromatic carbocycles. The van der Waals surface area contributed by atoms with Crippen LogP contribution >= 0.6 is 0 Å². The van der Waals surface area contributed by atoms with Crippen LogP contribution in [0.4, 0.5) is 5.95 Å². The zero-order valence-electron chi connectivity index (χ0n) is 10.1. The minimum Gasteiger partial charge on any atom is -0.294 e. The molecule has 2 aromatic rings. The summed E-state index contributed by atoms with van der Waals surface area (Å²) in [5.41, 5.74) is 0.728. The van der Waals surface area contributed by atoms with Gasteiger partial charge in [-0.3, -0.25) is 14.5 Å². The first-order valence-electron chi connectivity index (χ1n) is 5.76. The Bertz CT molecular complexity index is 518. The van der Waals surface area contributed by atoms with Crippen molar-refractivity contribution in [1.82, 2.24) is 14.6 Å². The number of carbonyl (C=O) groups is 1. The van der Waals surface area contributed by atoms with Gasteiger partial charge in [-0.05, 0) is 24.5 Å². The van der Waals surface area contributed by atoms with Crippen molar-refractivity contribution >= 4 is 17.5 Å². The maximum atomic E-state index is 11.7. The molecule has 2 rings (SSSR count). The number of nitrogens with one attached hydrogen (secondary N) is 1. The van der Waals surface area contributed by atoms with E-state index in [9.17, 15) is 4.79 Å². The Balaban J connectivity index is 2.06. The zero-order valence-corrected chi connectivity index (χ0v) is 10.1. The first kappa shape index (κ1) is 11.6. The van der Waals surface area contributed by atoms with Gasteiger partial charge in [0.15, 0.2) is 5.65 Å². The quantitative estimate of drug-likeness (QED) is 0.878. The molecule has 2 heterocycles. The first-order chi connectivity index (χ1) is 8.16. The number of nitrogens with zero attached hydrogens (tertiary/aromatic N) is 3. The van der Waals surface area contributed by atoms with Gasteiger partial charge in [0.25, 0.3) is 0 Å². The van der Waals surface area contributed by atoms with Crippen molar-refractivity contribution in [1.29, 1.82) is 0 Å². The SMILES string of the molecule is CC(C)CCC(=O)Nc1nnc2ccccn12. The molecule has 0 aliphatic rings. The van der Waals surface area contributed by atoms with Crippen LogP contribution in [0.3, 0.4) is 0 Å². The number of hydrogen-bond donors (Lipinski definition) is 1. The lowest BCUT2D eigenvalue weighted by atomic mass is 10.1. The molecular formula is C12H16N4O. The van der Waals surface area contributed by atoms with E-state index in [1.54, 1.807) is 4.40 Å². The molecule has 5 heteroatoms. The lowest BCUT2D eigenvalue weighted by Crippen LogP contribution is -2.14. The van der Waals surface area contributed by atoms with Gasteiger partial charge in [-0.15, -0.1) is 10.2 Å². The average molecular weight is 232 g/mol. The minimum atomic E-state index is -0.0168. The molecule has 90 valence electrons. The van der Waals surface area contributed by atoms with Crippen LogP contribution in [0.25, 0.3) is 5.65 Å². The third kappa shape index (κ3) is 2.81. The molecule has 0 saturated heterocycles. The maximum absolute atomic E-state index is 11.7. The van der Waals surface area contributed by atoms with Crippen molar-refractivity contribution in [2.45, 2.75) is 26.7 Å². The van der Waals surface area contributed by atoms with Crippen molar-refractivity contribution in [3.8, 4) is 0 Å². The molecule has 0 atom stereocenters. The summed E-state index contributed by atoms with van der Waals surface area (Å²) in [6.45, 7) is 4.19. The number of hydrogen-bond acceptors (Lipinski definition) is 3. The van der Waals surface area contributed by atoms with Gasteiger partial charge in [0.2, 0.25) is 11.9 Å². The number of aromatic nitrogens is 3. The van der Waals surface area contributed by atoms with Crippen LogP contribution in [-0.2, 0) is 4.79 Å². The summed E-state index contributed by atoms with van der Waals surface area (Å²) < 4.78 is 1.76. The molecular weight excluding hydrogens is 216 g/mol. The van der Waals surface area contributed by atoms with Crippen molar-refractivity contribution in [3.63, 3.8) is 0 Å². The predicted octanol–water partition coefficient (Wildman–Crippen LogP) is 2.10. The molecule has 0 radical (unpaired) electrons. The Morgan fingerprint density at radius 1 is 1.41 bits per heavy atom. The van der Waals surface area contributed by atoms with Gasteiger partial charge >= 0.3 is 0 Å². The number of rotatable bonds is 4. The van der Waals surface area contributed by atoms with Crippen molar-refractivity contribution in [2.75, 3.05) is 5.32 Å². The smallest absolute Gasteiger partial charge is 0.235 e. The molecule has 5 nitrogen and oxygen atoms in total. The van der Waals surface area contributed by atoms with Gasteiger partial charge in [-0.2, -0.15) is 0 Å². The second-order valence-electron chi connectivity index (χ2n) is 4.43. The van der Waals surface area contributed by atoms with E-state index < -0.39 is 0 Å². The summed E-state index contributed by atoms with van der Waals surface area (Å²) in [5, 5.41) is 10.7. The highest BCUT2D eigenvalue weighted by Gasteiger charge is 2.08. The molecule has 1 amide bonds. The fraction of sp³-hybridized carbons (Fsp3) is 0.417. The molecule has 1 N–H and O–H groups in total. The summed E-state index contributed by atoms with van der Waals surface area (Å²) in [7, 11) is 0. The molecule has 0 aliphatic heterocycles. The largest absolute Gasteiger partial charge is 0.294 e. The predicted molar refractivity (Wildman–Crippen MR) is 65.7 cm³/mol. The number of anilines is 1. The number of fused-ring (bicyclic) bond motifs is 1. The zero-order chi connectivity index (χ0) is 12.3. The molecule has 2 aromatic heterocycles. The molecule has 0 saturated carbocycles. The van der Waals surface area contributed by atoms with E-state index in [0.717, 1.165) is 12.1 Å². The van der Waals surface area contributed by atoms with Gasteiger partial charge < -0.3 is 0 Å². The lowest BCUT2D eigenvalue weighted by molar-refractivity contribution is -0.116. The Labute approximate surface area is 99.9 Å². The Morgan fingerprint density at radius 2 is 2.24 bits per heavy atom. The van der Waals surface area contributed by atoms with E-state index in [1.165, 1.54) is 0 Å². The molecule has 0 unspecified atom stereocenters. The van der Waals surface area contributed by atoms with Gasteiger partial charge in [-0.25, -0.2) is 0 Å². The molecule has 0 aliphatic carbocycles. The Hall–Kier alpha value is -1.91. The molecule has 0 spiro atoms. The molecule has 0 bridgehead atoms. The van der Waals surface area contributed by atoms with E-state index in [1.807, 2.05) is 24.4 Å². The van der Waals surface area contributed by atoms with Crippen LogP contribution in [0.15, 0.2) is 24.4 Å². The van der Waals surface area contributed by atoms with Crippen LogP contribution < -0.4 is 5.32 Å². The van der Waals surface area contributed by atoms with Crippen LogP contribution in [0.2, 0.25) is 0 Å². The van der Waals surface area contributed by atoms with Crippen molar-refractivity contribution < 1.29 is 4.79 Å². The standard InChI is InChI=1S/C12H16N4O/c1-9(2)6-7-11(17)13-12-15-14-10-5-3-4-8-16(10)12/h3-5,8-9H,6-7H2,1-2H3,(H,13,15,17).